The van der Waals surface area contributed by atoms with Gasteiger partial charge >= 0.3 is 0 Å². The fourth-order valence-electron chi connectivity index (χ4n) is 2.72. The van der Waals surface area contributed by atoms with Crippen molar-refractivity contribution in [3.8, 4) is 27.7 Å². The molecule has 4 aromatic rings. The summed E-state index contributed by atoms with van der Waals surface area (Å²) in [4.78, 5) is 17.3. The Morgan fingerprint density at radius 3 is 2.12 bits per heavy atom. The fraction of sp³-hybridized carbons (Fsp3) is 0.360. The number of rotatable bonds is 6. The van der Waals surface area contributed by atoms with Crippen molar-refractivity contribution in [1.82, 2.24) is 20.0 Å². The van der Waals surface area contributed by atoms with E-state index >= 15 is 0 Å². The van der Waals surface area contributed by atoms with E-state index in [0.717, 1.165) is 33.3 Å². The first-order chi connectivity index (χ1) is 14.9. The molecule has 3 heterocycles. The van der Waals surface area contributed by atoms with E-state index in [2.05, 4.69) is 29.0 Å². The van der Waals surface area contributed by atoms with Crippen molar-refractivity contribution in [3.63, 3.8) is 0 Å². The Labute approximate surface area is 205 Å². The van der Waals surface area contributed by atoms with Gasteiger partial charge in [-0.05, 0) is 49.6 Å². The number of ketones is 1. The number of hydrogen-bond donors (Lipinski definition) is 0. The number of nitrogens with zero attached hydrogens (tertiary/aromatic N) is 4. The number of benzene rings is 1. The fourth-order valence-corrected chi connectivity index (χ4v) is 3.99. The van der Waals surface area contributed by atoms with E-state index < -0.39 is 0 Å². The van der Waals surface area contributed by atoms with Crippen LogP contribution in [0.25, 0.3) is 22.0 Å². The molecule has 0 radical (unpaired) electrons. The molecule has 3 aromatic heterocycles. The van der Waals surface area contributed by atoms with Crippen molar-refractivity contribution >= 4 is 28.5 Å². The molecule has 0 bridgehead atoms. The first kappa shape index (κ1) is 28.2. The van der Waals surface area contributed by atoms with E-state index in [4.69, 9.17) is 4.74 Å². The van der Waals surface area contributed by atoms with Gasteiger partial charge in [0.15, 0.2) is 5.78 Å². The molecule has 0 amide bonds. The third-order valence-corrected chi connectivity index (χ3v) is 5.88. The summed E-state index contributed by atoms with van der Waals surface area (Å²) in [7, 11) is 1.66. The van der Waals surface area contributed by atoms with Crippen molar-refractivity contribution < 1.29 is 9.53 Å². The lowest BCUT2D eigenvalue weighted by molar-refractivity contribution is 0.0940. The number of hydrogen-bond acceptors (Lipinski definition) is 7. The molecule has 33 heavy (non-hydrogen) atoms. The molecular formula is C25H34N4O2S2. The molecule has 0 unspecified atom stereocenters. The minimum atomic E-state index is 0. The summed E-state index contributed by atoms with van der Waals surface area (Å²) in [6.45, 7) is 7.95. The van der Waals surface area contributed by atoms with Crippen LogP contribution in [-0.2, 0) is 0 Å². The number of methoxy groups -OCH3 is 1. The highest BCUT2D eigenvalue weighted by atomic mass is 32.1. The molecule has 0 saturated heterocycles. The third kappa shape index (κ3) is 7.07. The smallest absolute Gasteiger partial charge is 0.166 e. The summed E-state index contributed by atoms with van der Waals surface area (Å²) in [5.41, 5.74) is 3.53. The van der Waals surface area contributed by atoms with E-state index in [-0.39, 0.29) is 32.6 Å². The summed E-state index contributed by atoms with van der Waals surface area (Å²) in [6.07, 6.45) is 1.78. The number of Topliss-reactive ketones (excluding diaryl/α,β-unsaturated/α-hetero) is 1. The molecule has 0 aliphatic rings. The van der Waals surface area contributed by atoms with Gasteiger partial charge in [0.2, 0.25) is 0 Å². The van der Waals surface area contributed by atoms with E-state index in [9.17, 15) is 4.79 Å². The summed E-state index contributed by atoms with van der Waals surface area (Å²) in [5, 5.41) is 15.9. The van der Waals surface area contributed by atoms with Gasteiger partial charge in [-0.15, -0.1) is 16.4 Å². The summed E-state index contributed by atoms with van der Waals surface area (Å²) >= 11 is 3.13. The number of carbonyl (C=O) groups is 1. The van der Waals surface area contributed by atoms with Gasteiger partial charge in [0.25, 0.3) is 0 Å². The second-order valence-electron chi connectivity index (χ2n) is 7.41. The van der Waals surface area contributed by atoms with Crippen molar-refractivity contribution in [3.05, 3.63) is 58.2 Å². The van der Waals surface area contributed by atoms with Crippen LogP contribution in [-0.4, -0.2) is 32.9 Å². The average molecular weight is 487 g/mol. The predicted molar refractivity (Wildman–Crippen MR) is 140 cm³/mol. The zero-order chi connectivity index (χ0) is 22.4. The number of carbonyl (C=O) groups excluding carboxylic acids is 1. The zero-order valence-electron chi connectivity index (χ0n) is 18.3. The average Bonchev–Trinajstić information content (AvgIpc) is 3.54. The van der Waals surface area contributed by atoms with Gasteiger partial charge in [-0.3, -0.25) is 4.79 Å². The topological polar surface area (TPSA) is 69.9 Å². The Morgan fingerprint density at radius 2 is 1.64 bits per heavy atom. The Kier molecular flexibility index (Phi) is 11.1. The maximum Gasteiger partial charge on any atom is 0.166 e. The molecule has 0 atom stereocenters. The molecule has 6 nitrogen and oxygen atoms in total. The molecule has 1 aromatic carbocycles. The Balaban J connectivity index is 0.000000388. The predicted octanol–water partition coefficient (Wildman–Crippen LogP) is 7.52. The first-order valence-electron chi connectivity index (χ1n) is 9.98. The van der Waals surface area contributed by atoms with Gasteiger partial charge < -0.3 is 4.74 Å². The molecule has 0 fully saturated rings. The normalized spacial score (nSPS) is 10.2. The zero-order valence-corrected chi connectivity index (χ0v) is 19.9. The van der Waals surface area contributed by atoms with Crippen LogP contribution < -0.4 is 4.74 Å². The highest BCUT2D eigenvalue weighted by Crippen LogP contribution is 2.31. The van der Waals surface area contributed by atoms with Crippen molar-refractivity contribution in [2.24, 2.45) is 5.92 Å². The molecule has 0 saturated carbocycles. The highest BCUT2D eigenvalue weighted by molar-refractivity contribution is 7.13. The summed E-state index contributed by atoms with van der Waals surface area (Å²) in [6, 6.07) is 9.91. The van der Waals surface area contributed by atoms with Crippen LogP contribution in [0.3, 0.4) is 0 Å². The quantitative estimate of drug-likeness (QED) is 0.264. The molecule has 0 aliphatic carbocycles. The number of ether oxygens (including phenoxy) is 1. The molecule has 4 rings (SSSR count). The van der Waals surface area contributed by atoms with Gasteiger partial charge in [-0.2, -0.15) is 21.2 Å². The summed E-state index contributed by atoms with van der Waals surface area (Å²) in [5.74, 6) is 1.18. The van der Waals surface area contributed by atoms with Crippen LogP contribution in [0.5, 0.6) is 5.75 Å². The molecule has 178 valence electrons. The first-order valence-corrected chi connectivity index (χ1v) is 11.8. The van der Waals surface area contributed by atoms with Crippen LogP contribution in [0.2, 0.25) is 0 Å². The van der Waals surface area contributed by atoms with E-state index in [1.807, 2.05) is 60.3 Å². The van der Waals surface area contributed by atoms with Gasteiger partial charge in [0.1, 0.15) is 22.1 Å². The number of thiophene rings is 1. The molecular weight excluding hydrogens is 452 g/mol. The lowest BCUT2D eigenvalue weighted by Gasteiger charge is -2.02. The molecule has 0 aliphatic heterocycles. The number of thiazole rings is 1. The van der Waals surface area contributed by atoms with E-state index in [0.29, 0.717) is 0 Å². The Morgan fingerprint density at radius 1 is 0.970 bits per heavy atom. The maximum absolute atomic E-state index is 11.2. The minimum Gasteiger partial charge on any atom is -0.497 e. The van der Waals surface area contributed by atoms with Gasteiger partial charge in [0, 0.05) is 34.0 Å². The monoisotopic (exact) mass is 486 g/mol. The van der Waals surface area contributed by atoms with Crippen molar-refractivity contribution in [1.29, 1.82) is 0 Å². The molecule has 0 spiro atoms. The third-order valence-electron chi connectivity index (χ3n) is 4.42. The van der Waals surface area contributed by atoms with Gasteiger partial charge in [0.05, 0.1) is 13.2 Å². The van der Waals surface area contributed by atoms with Gasteiger partial charge in [-0.1, -0.05) is 28.7 Å². The molecule has 8 heteroatoms. The second-order valence-corrected chi connectivity index (χ2v) is 9.08. The Hall–Kier alpha value is -2.84. The SMILES string of the molecule is C.C.CC(C)C(=O)c1ccsc1.COc1ccc(-c2nn(C(C)C)nc2-c2nccs2)cc1. The Bertz CT molecular complexity index is 1080. The summed E-state index contributed by atoms with van der Waals surface area (Å²) < 4.78 is 5.20. The van der Waals surface area contributed by atoms with Crippen LogP contribution >= 0.6 is 22.7 Å². The van der Waals surface area contributed by atoms with E-state index in [1.54, 1.807) is 40.8 Å². The van der Waals surface area contributed by atoms with Gasteiger partial charge in [-0.25, -0.2) is 4.98 Å². The van der Waals surface area contributed by atoms with Crippen molar-refractivity contribution in [2.45, 2.75) is 48.6 Å². The maximum atomic E-state index is 11.2. The van der Waals surface area contributed by atoms with E-state index in [1.165, 1.54) is 0 Å². The van der Waals surface area contributed by atoms with Crippen LogP contribution in [0.15, 0.2) is 52.7 Å². The molecule has 0 N–H and O–H groups in total. The lowest BCUT2D eigenvalue weighted by Crippen LogP contribution is -2.05. The van der Waals surface area contributed by atoms with Crippen LogP contribution in [0, 0.1) is 5.92 Å². The number of aromatic nitrogens is 4. The second kappa shape index (κ2) is 13.0. The highest BCUT2D eigenvalue weighted by Gasteiger charge is 2.18. The van der Waals surface area contributed by atoms with Crippen LogP contribution in [0.1, 0.15) is 58.9 Å². The standard InChI is InChI=1S/C15H16N4OS.C8H10OS.2CH4/c1-10(2)19-17-13(11-4-6-12(20-3)7-5-11)14(18-19)15-16-8-9-21-15;1-6(2)8(9)7-3-4-10-5-7;;/h4-10H,1-3H3;3-6H,1-2H3;2*1H4. The van der Waals surface area contributed by atoms with Crippen LogP contribution in [0.4, 0.5) is 0 Å². The van der Waals surface area contributed by atoms with Crippen molar-refractivity contribution in [2.75, 3.05) is 7.11 Å². The largest absolute Gasteiger partial charge is 0.497 e. The minimum absolute atomic E-state index is 0. The lowest BCUT2D eigenvalue weighted by atomic mass is 10.0.